The van der Waals surface area contributed by atoms with Crippen molar-refractivity contribution in [2.45, 2.75) is 229 Å². The van der Waals surface area contributed by atoms with Gasteiger partial charge in [0.2, 0.25) is 5.91 Å². The molecule has 1 heterocycles. The standard InChI is InChI=1S/C45H83NO10/c1-3-5-7-9-11-13-15-17-18-19-20-21-23-24-26-28-30-32-37(48)40(50)36(35-55-45-43(53)42(52)41(51)39(34-47)56-45)46-44(54)38(49)33-31-29-27-25-22-16-14-12-10-8-6-4-2/h19-20,22,24-26,36-43,45,47-53H,3-18,21,23,27-35H2,1-2H3,(H,46,54)/b20-19+,25-22-,26-24+. The lowest BCUT2D eigenvalue weighted by atomic mass is 9.98. The average Bonchev–Trinajstić information content (AvgIpc) is 3.20. The van der Waals surface area contributed by atoms with Crippen LogP contribution in [0.5, 0.6) is 0 Å². The Morgan fingerprint density at radius 2 is 1.07 bits per heavy atom. The summed E-state index contributed by atoms with van der Waals surface area (Å²) in [6, 6.07) is -1.20. The van der Waals surface area contributed by atoms with Crippen LogP contribution in [0.3, 0.4) is 0 Å². The van der Waals surface area contributed by atoms with Crippen LogP contribution in [0.1, 0.15) is 174 Å². The first kappa shape index (κ1) is 52.3. The van der Waals surface area contributed by atoms with Gasteiger partial charge < -0.3 is 50.5 Å². The predicted octanol–water partition coefficient (Wildman–Crippen LogP) is 6.83. The third kappa shape index (κ3) is 25.0. The van der Waals surface area contributed by atoms with Crippen molar-refractivity contribution >= 4 is 5.91 Å². The second kappa shape index (κ2) is 35.3. The molecule has 0 aromatic heterocycles. The van der Waals surface area contributed by atoms with Gasteiger partial charge in [0, 0.05) is 0 Å². The summed E-state index contributed by atoms with van der Waals surface area (Å²) in [6.45, 7) is 3.37. The molecule has 1 saturated heterocycles. The minimum atomic E-state index is -1.67. The summed E-state index contributed by atoms with van der Waals surface area (Å²) in [6.07, 6.45) is 27.7. The van der Waals surface area contributed by atoms with Gasteiger partial charge in [-0.3, -0.25) is 4.79 Å². The zero-order valence-corrected chi connectivity index (χ0v) is 35.1. The highest BCUT2D eigenvalue weighted by Crippen LogP contribution is 2.23. The molecule has 11 nitrogen and oxygen atoms in total. The molecule has 9 atom stereocenters. The molecule has 0 aliphatic carbocycles. The fourth-order valence-electron chi connectivity index (χ4n) is 6.86. The molecule has 11 heteroatoms. The van der Waals surface area contributed by atoms with Crippen LogP contribution in [0.4, 0.5) is 0 Å². The van der Waals surface area contributed by atoms with E-state index in [1.807, 2.05) is 0 Å². The van der Waals surface area contributed by atoms with Crippen molar-refractivity contribution in [2.75, 3.05) is 13.2 Å². The van der Waals surface area contributed by atoms with E-state index in [4.69, 9.17) is 9.47 Å². The van der Waals surface area contributed by atoms with Crippen molar-refractivity contribution < 1.29 is 50.0 Å². The highest BCUT2D eigenvalue weighted by Gasteiger charge is 2.44. The van der Waals surface area contributed by atoms with Gasteiger partial charge >= 0.3 is 0 Å². The number of hydrogen-bond donors (Lipinski definition) is 8. The second-order valence-corrected chi connectivity index (χ2v) is 15.7. The van der Waals surface area contributed by atoms with Gasteiger partial charge in [-0.25, -0.2) is 0 Å². The highest BCUT2D eigenvalue weighted by atomic mass is 16.7. The number of hydrogen-bond acceptors (Lipinski definition) is 10. The molecule has 0 spiro atoms. The van der Waals surface area contributed by atoms with Gasteiger partial charge in [0.15, 0.2) is 6.29 Å². The van der Waals surface area contributed by atoms with Crippen molar-refractivity contribution in [2.24, 2.45) is 0 Å². The molecule has 1 aliphatic rings. The van der Waals surface area contributed by atoms with E-state index < -0.39 is 74.2 Å². The third-order valence-electron chi connectivity index (χ3n) is 10.6. The van der Waals surface area contributed by atoms with Crippen molar-refractivity contribution in [3.63, 3.8) is 0 Å². The lowest BCUT2D eigenvalue weighted by Crippen LogP contribution is -2.60. The predicted molar refractivity (Wildman–Crippen MR) is 224 cm³/mol. The number of carbonyl (C=O) groups is 1. The van der Waals surface area contributed by atoms with Gasteiger partial charge in [-0.05, 0) is 77.0 Å². The number of unbranched alkanes of at least 4 members (excludes halogenated alkanes) is 18. The number of ether oxygens (including phenoxy) is 2. The largest absolute Gasteiger partial charge is 0.394 e. The zero-order valence-electron chi connectivity index (χ0n) is 35.1. The van der Waals surface area contributed by atoms with E-state index in [9.17, 15) is 40.5 Å². The molecule has 1 rings (SSSR count). The van der Waals surface area contributed by atoms with Gasteiger partial charge in [0.05, 0.1) is 25.4 Å². The maximum Gasteiger partial charge on any atom is 0.249 e. The molecular formula is C45H83NO10. The molecule has 1 amide bonds. The van der Waals surface area contributed by atoms with Crippen LogP contribution < -0.4 is 5.32 Å². The molecule has 9 unspecified atom stereocenters. The Morgan fingerprint density at radius 3 is 1.59 bits per heavy atom. The SMILES string of the molecule is CCCCCCCC/C=C\CCCCC(O)C(=O)NC(COC1OC(CO)C(O)C(O)C1O)C(O)C(O)CCC/C=C/CC/C=C/CCCCCCCCCC. The van der Waals surface area contributed by atoms with Crippen LogP contribution in [-0.2, 0) is 14.3 Å². The molecule has 328 valence electrons. The van der Waals surface area contributed by atoms with E-state index >= 15 is 0 Å². The molecule has 56 heavy (non-hydrogen) atoms. The molecule has 1 fully saturated rings. The van der Waals surface area contributed by atoms with Gasteiger partial charge in [0.25, 0.3) is 0 Å². The monoisotopic (exact) mass is 798 g/mol. The van der Waals surface area contributed by atoms with E-state index in [2.05, 4.69) is 55.6 Å². The molecule has 0 aromatic rings. The van der Waals surface area contributed by atoms with Gasteiger partial charge in [0.1, 0.15) is 36.6 Å². The molecule has 0 bridgehead atoms. The van der Waals surface area contributed by atoms with Crippen LogP contribution in [0, 0.1) is 0 Å². The number of aliphatic hydroxyl groups excluding tert-OH is 7. The molecular weight excluding hydrogens is 714 g/mol. The maximum absolute atomic E-state index is 13.0. The number of allylic oxidation sites excluding steroid dienone is 6. The van der Waals surface area contributed by atoms with Crippen LogP contribution in [0.15, 0.2) is 36.5 Å². The molecule has 1 aliphatic heterocycles. The third-order valence-corrected chi connectivity index (χ3v) is 10.6. The lowest BCUT2D eigenvalue weighted by molar-refractivity contribution is -0.303. The summed E-state index contributed by atoms with van der Waals surface area (Å²) < 4.78 is 11.0. The van der Waals surface area contributed by atoms with Crippen LogP contribution in [0.2, 0.25) is 0 Å². The average molecular weight is 798 g/mol. The molecule has 8 N–H and O–H groups in total. The normalized spacial score (nSPS) is 22.6. The van der Waals surface area contributed by atoms with E-state index in [1.54, 1.807) is 0 Å². The van der Waals surface area contributed by atoms with E-state index in [0.717, 1.165) is 38.5 Å². The summed E-state index contributed by atoms with van der Waals surface area (Å²) in [7, 11) is 0. The zero-order chi connectivity index (χ0) is 41.2. The Morgan fingerprint density at radius 1 is 0.607 bits per heavy atom. The van der Waals surface area contributed by atoms with Crippen molar-refractivity contribution in [3.8, 4) is 0 Å². The van der Waals surface area contributed by atoms with Crippen molar-refractivity contribution in [1.82, 2.24) is 5.32 Å². The number of nitrogens with one attached hydrogen (secondary N) is 1. The fourth-order valence-corrected chi connectivity index (χ4v) is 6.86. The Kier molecular flexibility index (Phi) is 33.0. The quantitative estimate of drug-likeness (QED) is 0.0247. The number of rotatable bonds is 36. The van der Waals surface area contributed by atoms with E-state index in [0.29, 0.717) is 19.3 Å². The summed E-state index contributed by atoms with van der Waals surface area (Å²) in [5, 5.41) is 75.4. The lowest BCUT2D eigenvalue weighted by Gasteiger charge is -2.40. The van der Waals surface area contributed by atoms with Gasteiger partial charge in [-0.15, -0.1) is 0 Å². The van der Waals surface area contributed by atoms with Crippen LogP contribution in [0.25, 0.3) is 0 Å². The summed E-state index contributed by atoms with van der Waals surface area (Å²) in [5.74, 6) is -0.730. The summed E-state index contributed by atoms with van der Waals surface area (Å²) in [5.41, 5.74) is 0. The van der Waals surface area contributed by atoms with Crippen LogP contribution in [-0.4, -0.2) is 110 Å². The van der Waals surface area contributed by atoms with E-state index in [-0.39, 0.29) is 12.8 Å². The van der Waals surface area contributed by atoms with Crippen LogP contribution >= 0.6 is 0 Å². The summed E-state index contributed by atoms with van der Waals surface area (Å²) in [4.78, 5) is 13.0. The van der Waals surface area contributed by atoms with Crippen molar-refractivity contribution in [3.05, 3.63) is 36.5 Å². The first-order valence-electron chi connectivity index (χ1n) is 22.4. The molecule has 0 radical (unpaired) electrons. The number of amides is 1. The smallest absolute Gasteiger partial charge is 0.249 e. The minimum absolute atomic E-state index is 0.220. The van der Waals surface area contributed by atoms with Gasteiger partial charge in [-0.2, -0.15) is 0 Å². The molecule has 0 aromatic carbocycles. The summed E-state index contributed by atoms with van der Waals surface area (Å²) >= 11 is 0. The Bertz CT molecular complexity index is 1010. The first-order valence-corrected chi connectivity index (χ1v) is 22.4. The second-order valence-electron chi connectivity index (χ2n) is 15.7. The Balaban J connectivity index is 2.53. The maximum atomic E-state index is 13.0. The number of aliphatic hydroxyl groups is 7. The topological polar surface area (TPSA) is 189 Å². The Labute approximate surface area is 339 Å². The number of carbonyl (C=O) groups excluding carboxylic acids is 1. The minimum Gasteiger partial charge on any atom is -0.394 e. The first-order chi connectivity index (χ1) is 27.2. The Hall–Kier alpha value is -1.67. The molecule has 0 saturated carbocycles. The van der Waals surface area contributed by atoms with E-state index in [1.165, 1.54) is 89.9 Å². The fraction of sp³-hybridized carbons (Fsp3) is 0.844. The highest BCUT2D eigenvalue weighted by molar-refractivity contribution is 5.80. The van der Waals surface area contributed by atoms with Gasteiger partial charge in [-0.1, -0.05) is 134 Å². The van der Waals surface area contributed by atoms with Crippen molar-refractivity contribution in [1.29, 1.82) is 0 Å².